The second kappa shape index (κ2) is 7.09. The molecule has 0 spiro atoms. The number of halogens is 2. The molecule has 0 saturated heterocycles. The van der Waals surface area contributed by atoms with Gasteiger partial charge in [0.1, 0.15) is 4.90 Å². The summed E-state index contributed by atoms with van der Waals surface area (Å²) in [5.74, 6) is 0. The summed E-state index contributed by atoms with van der Waals surface area (Å²) in [6, 6.07) is 1.35. The number of rotatable bonds is 6. The Balaban J connectivity index is 3.29. The highest BCUT2D eigenvalue weighted by Gasteiger charge is 2.26. The number of sulfonamides is 1. The average Bonchev–Trinajstić information content (AvgIpc) is 2.35. The molecule has 1 unspecified atom stereocenters. The van der Waals surface area contributed by atoms with Crippen molar-refractivity contribution in [3.05, 3.63) is 27.2 Å². The molecule has 0 bridgehead atoms. The molecule has 7 heteroatoms. The van der Waals surface area contributed by atoms with E-state index in [1.165, 1.54) is 0 Å². The number of nitrogens with two attached hydrogens (primary N) is 1. The fourth-order valence-electron chi connectivity index (χ4n) is 1.99. The lowest BCUT2D eigenvalue weighted by molar-refractivity contribution is 0.526. The average molecular weight is 339 g/mol. The summed E-state index contributed by atoms with van der Waals surface area (Å²) in [7, 11) is -3.75. The smallest absolute Gasteiger partial charge is 0.242 e. The SMILES string of the molecule is CCCC(CN)NS(=O)(=O)c1c(C)c(Cl)cc(C)c1Cl. The van der Waals surface area contributed by atoms with E-state index in [-0.39, 0.29) is 22.5 Å². The van der Waals surface area contributed by atoms with E-state index in [0.29, 0.717) is 22.6 Å². The fourth-order valence-corrected chi connectivity index (χ4v) is 4.48. The molecule has 0 aromatic heterocycles. The van der Waals surface area contributed by atoms with Gasteiger partial charge in [-0.3, -0.25) is 0 Å². The van der Waals surface area contributed by atoms with Crippen LogP contribution in [0.25, 0.3) is 0 Å². The first-order chi connectivity index (χ1) is 9.24. The third-order valence-corrected chi connectivity index (χ3v) is 5.78. The maximum atomic E-state index is 12.5. The van der Waals surface area contributed by atoms with Crippen molar-refractivity contribution < 1.29 is 8.42 Å². The molecule has 114 valence electrons. The van der Waals surface area contributed by atoms with Crippen LogP contribution in [0.5, 0.6) is 0 Å². The minimum Gasteiger partial charge on any atom is -0.329 e. The second-order valence-electron chi connectivity index (χ2n) is 4.79. The molecule has 0 aliphatic rings. The van der Waals surface area contributed by atoms with Crippen LogP contribution in [0.4, 0.5) is 0 Å². The first kappa shape index (κ1) is 17.7. The Morgan fingerprint density at radius 3 is 2.45 bits per heavy atom. The van der Waals surface area contributed by atoms with E-state index in [0.717, 1.165) is 6.42 Å². The number of benzene rings is 1. The van der Waals surface area contributed by atoms with Crippen molar-refractivity contribution in [1.82, 2.24) is 4.72 Å². The van der Waals surface area contributed by atoms with Gasteiger partial charge >= 0.3 is 0 Å². The summed E-state index contributed by atoms with van der Waals surface area (Å²) in [5.41, 5.74) is 6.67. The van der Waals surface area contributed by atoms with Crippen molar-refractivity contribution in [3.8, 4) is 0 Å². The van der Waals surface area contributed by atoms with Gasteiger partial charge < -0.3 is 5.73 Å². The second-order valence-corrected chi connectivity index (χ2v) is 7.22. The van der Waals surface area contributed by atoms with Gasteiger partial charge in [-0.1, -0.05) is 36.5 Å². The van der Waals surface area contributed by atoms with Gasteiger partial charge in [0.2, 0.25) is 10.0 Å². The van der Waals surface area contributed by atoms with Crippen molar-refractivity contribution in [1.29, 1.82) is 0 Å². The van der Waals surface area contributed by atoms with Crippen molar-refractivity contribution >= 4 is 33.2 Å². The molecule has 1 rings (SSSR count). The standard InChI is InChI=1S/C13H20Cl2N2O2S/c1-4-5-10(7-16)17-20(18,19)13-9(3)11(14)6-8(2)12(13)15/h6,10,17H,4-5,7,16H2,1-3H3. The van der Waals surface area contributed by atoms with E-state index in [2.05, 4.69) is 4.72 Å². The molecule has 0 heterocycles. The third kappa shape index (κ3) is 3.86. The molecule has 0 aliphatic carbocycles. The van der Waals surface area contributed by atoms with Gasteiger partial charge in [0, 0.05) is 17.6 Å². The van der Waals surface area contributed by atoms with E-state index < -0.39 is 10.0 Å². The van der Waals surface area contributed by atoms with Crippen molar-refractivity contribution in [2.75, 3.05) is 6.54 Å². The van der Waals surface area contributed by atoms with Crippen LogP contribution in [0.2, 0.25) is 10.0 Å². The summed E-state index contributed by atoms with van der Waals surface area (Å²) >= 11 is 12.2. The Labute approximate surface area is 130 Å². The van der Waals surface area contributed by atoms with Crippen LogP contribution in [0.1, 0.15) is 30.9 Å². The van der Waals surface area contributed by atoms with Crippen molar-refractivity contribution in [3.63, 3.8) is 0 Å². The van der Waals surface area contributed by atoms with Crippen LogP contribution in [0.3, 0.4) is 0 Å². The maximum Gasteiger partial charge on any atom is 0.242 e. The third-order valence-electron chi connectivity index (χ3n) is 3.10. The quantitative estimate of drug-likeness (QED) is 0.837. The van der Waals surface area contributed by atoms with E-state index in [1.807, 2.05) is 6.92 Å². The molecule has 1 atom stereocenters. The molecule has 1 aromatic carbocycles. The predicted octanol–water partition coefficient (Wildman–Crippen LogP) is 3.02. The zero-order valence-corrected chi connectivity index (χ0v) is 14.2. The first-order valence-corrected chi connectivity index (χ1v) is 8.66. The summed E-state index contributed by atoms with van der Waals surface area (Å²) < 4.78 is 27.6. The molecule has 0 amide bonds. The van der Waals surface area contributed by atoms with E-state index in [4.69, 9.17) is 28.9 Å². The topological polar surface area (TPSA) is 72.2 Å². The molecule has 1 aromatic rings. The highest BCUT2D eigenvalue weighted by atomic mass is 35.5. The minimum absolute atomic E-state index is 0.0405. The van der Waals surface area contributed by atoms with Crippen molar-refractivity contribution in [2.24, 2.45) is 5.73 Å². The molecule has 20 heavy (non-hydrogen) atoms. The molecule has 0 aliphatic heterocycles. The Hall–Kier alpha value is -0.330. The highest BCUT2D eigenvalue weighted by molar-refractivity contribution is 7.89. The Morgan fingerprint density at radius 2 is 1.95 bits per heavy atom. The first-order valence-electron chi connectivity index (χ1n) is 6.42. The highest BCUT2D eigenvalue weighted by Crippen LogP contribution is 2.33. The lowest BCUT2D eigenvalue weighted by atomic mass is 10.2. The Kier molecular flexibility index (Phi) is 6.28. The van der Waals surface area contributed by atoms with Crippen molar-refractivity contribution in [2.45, 2.75) is 44.6 Å². The largest absolute Gasteiger partial charge is 0.329 e. The molecule has 0 radical (unpaired) electrons. The summed E-state index contributed by atoms with van der Waals surface area (Å²) in [6.07, 6.45) is 1.51. The van der Waals surface area contributed by atoms with Crippen LogP contribution in [0.15, 0.2) is 11.0 Å². The normalized spacial score (nSPS) is 13.5. The molecular weight excluding hydrogens is 319 g/mol. The van der Waals surface area contributed by atoms with Crippen LogP contribution in [-0.4, -0.2) is 21.0 Å². The van der Waals surface area contributed by atoms with Gasteiger partial charge in [0.05, 0.1) is 5.02 Å². The van der Waals surface area contributed by atoms with Gasteiger partial charge in [0.15, 0.2) is 0 Å². The van der Waals surface area contributed by atoms with Crippen LogP contribution in [-0.2, 0) is 10.0 Å². The Morgan fingerprint density at radius 1 is 1.35 bits per heavy atom. The Bertz CT molecular complexity index is 562. The lowest BCUT2D eigenvalue weighted by Crippen LogP contribution is -2.40. The predicted molar refractivity (Wildman–Crippen MR) is 84.0 cm³/mol. The zero-order valence-electron chi connectivity index (χ0n) is 11.8. The minimum atomic E-state index is -3.75. The molecule has 3 N–H and O–H groups in total. The van der Waals surface area contributed by atoms with Crippen LogP contribution in [0, 0.1) is 13.8 Å². The molecule has 0 saturated carbocycles. The zero-order chi connectivity index (χ0) is 15.5. The molecule has 4 nitrogen and oxygen atoms in total. The van der Waals surface area contributed by atoms with E-state index in [1.54, 1.807) is 19.9 Å². The van der Waals surface area contributed by atoms with Gasteiger partial charge in [-0.25, -0.2) is 13.1 Å². The van der Waals surface area contributed by atoms with Gasteiger partial charge in [-0.05, 0) is 37.5 Å². The monoisotopic (exact) mass is 338 g/mol. The molecule has 0 fully saturated rings. The fraction of sp³-hybridized carbons (Fsp3) is 0.538. The summed E-state index contributed by atoms with van der Waals surface area (Å²) in [4.78, 5) is 0.0405. The van der Waals surface area contributed by atoms with E-state index >= 15 is 0 Å². The number of nitrogens with one attached hydrogen (secondary N) is 1. The maximum absolute atomic E-state index is 12.5. The molecular formula is C13H20Cl2N2O2S. The van der Waals surface area contributed by atoms with Gasteiger partial charge in [0.25, 0.3) is 0 Å². The lowest BCUT2D eigenvalue weighted by Gasteiger charge is -2.19. The van der Waals surface area contributed by atoms with Crippen LogP contribution < -0.4 is 10.5 Å². The van der Waals surface area contributed by atoms with Gasteiger partial charge in [-0.2, -0.15) is 0 Å². The van der Waals surface area contributed by atoms with Gasteiger partial charge in [-0.15, -0.1) is 0 Å². The summed E-state index contributed by atoms with van der Waals surface area (Å²) in [5, 5.41) is 0.582. The summed E-state index contributed by atoms with van der Waals surface area (Å²) in [6.45, 7) is 5.57. The number of hydrogen-bond donors (Lipinski definition) is 2. The number of aryl methyl sites for hydroxylation is 1. The number of hydrogen-bond acceptors (Lipinski definition) is 3. The van der Waals surface area contributed by atoms with E-state index in [9.17, 15) is 8.42 Å². The van der Waals surface area contributed by atoms with Crippen LogP contribution >= 0.6 is 23.2 Å².